The van der Waals surface area contributed by atoms with Gasteiger partial charge in [-0.05, 0) is 30.4 Å². The summed E-state index contributed by atoms with van der Waals surface area (Å²) >= 11 is 1.57. The van der Waals surface area contributed by atoms with Crippen molar-refractivity contribution in [2.45, 2.75) is 18.9 Å². The summed E-state index contributed by atoms with van der Waals surface area (Å²) in [7, 11) is 0. The molecule has 3 nitrogen and oxygen atoms in total. The standard InChI is InChI=1S/C14H16N2OS.ClH/c15-11-5-3-7-16(9-11)14(17)13-8-10-4-1-2-6-12(10)18-13;/h1-2,4,6,8,11H,3,5,7,9,15H2;1H/t11-;/m1./s1. The van der Waals surface area contributed by atoms with Crippen molar-refractivity contribution in [3.05, 3.63) is 35.2 Å². The molecule has 1 aliphatic rings. The third kappa shape index (κ3) is 2.91. The van der Waals surface area contributed by atoms with E-state index < -0.39 is 0 Å². The smallest absolute Gasteiger partial charge is 0.264 e. The Bertz CT molecular complexity index is 551. The number of amides is 1. The van der Waals surface area contributed by atoms with Crippen LogP contribution in [0, 0.1) is 0 Å². The Hall–Kier alpha value is -1.10. The lowest BCUT2D eigenvalue weighted by Crippen LogP contribution is -2.45. The first kappa shape index (κ1) is 14.3. The lowest BCUT2D eigenvalue weighted by molar-refractivity contribution is 0.0714. The second-order valence-corrected chi connectivity index (χ2v) is 5.89. The molecule has 1 aromatic carbocycles. The molecule has 0 saturated carbocycles. The minimum absolute atomic E-state index is 0. The van der Waals surface area contributed by atoms with E-state index in [0.717, 1.165) is 29.6 Å². The summed E-state index contributed by atoms with van der Waals surface area (Å²) in [5.74, 6) is 0.131. The molecule has 0 bridgehead atoms. The highest BCUT2D eigenvalue weighted by Gasteiger charge is 2.23. The van der Waals surface area contributed by atoms with Crippen LogP contribution < -0.4 is 5.73 Å². The molecule has 102 valence electrons. The average Bonchev–Trinajstić information content (AvgIpc) is 2.81. The maximum absolute atomic E-state index is 12.4. The zero-order valence-corrected chi connectivity index (χ0v) is 12.2. The molecule has 1 atom stereocenters. The lowest BCUT2D eigenvalue weighted by Gasteiger charge is -2.30. The second-order valence-electron chi connectivity index (χ2n) is 4.80. The predicted octanol–water partition coefficient (Wildman–Crippen LogP) is 2.89. The van der Waals surface area contributed by atoms with Gasteiger partial charge in [-0.25, -0.2) is 0 Å². The molecule has 2 heterocycles. The number of hydrogen-bond donors (Lipinski definition) is 1. The normalized spacial score (nSPS) is 19.2. The number of rotatable bonds is 1. The SMILES string of the molecule is Cl.N[C@@H]1CCCN(C(=O)c2cc3ccccc3s2)C1. The number of piperidine rings is 1. The van der Waals surface area contributed by atoms with Crippen LogP contribution in [0.3, 0.4) is 0 Å². The van der Waals surface area contributed by atoms with Crippen LogP contribution >= 0.6 is 23.7 Å². The maximum Gasteiger partial charge on any atom is 0.264 e. The third-order valence-electron chi connectivity index (χ3n) is 3.38. The Morgan fingerprint density at radius 2 is 2.16 bits per heavy atom. The summed E-state index contributed by atoms with van der Waals surface area (Å²) in [4.78, 5) is 15.1. The first-order valence-electron chi connectivity index (χ1n) is 6.27. The number of fused-ring (bicyclic) bond motifs is 1. The molecule has 1 saturated heterocycles. The quantitative estimate of drug-likeness (QED) is 0.879. The topological polar surface area (TPSA) is 46.3 Å². The summed E-state index contributed by atoms with van der Waals surface area (Å²) < 4.78 is 1.17. The summed E-state index contributed by atoms with van der Waals surface area (Å²) in [5.41, 5.74) is 5.93. The number of likely N-dealkylation sites (tertiary alicyclic amines) is 1. The van der Waals surface area contributed by atoms with Crippen LogP contribution in [0.15, 0.2) is 30.3 Å². The molecule has 1 fully saturated rings. The van der Waals surface area contributed by atoms with Crippen molar-refractivity contribution in [1.82, 2.24) is 4.90 Å². The maximum atomic E-state index is 12.4. The van der Waals surface area contributed by atoms with Gasteiger partial charge in [0, 0.05) is 23.8 Å². The number of halogens is 1. The Kier molecular flexibility index (Phi) is 4.45. The van der Waals surface area contributed by atoms with E-state index in [0.29, 0.717) is 6.54 Å². The molecule has 0 unspecified atom stereocenters. The fraction of sp³-hybridized carbons (Fsp3) is 0.357. The molecule has 2 aromatic rings. The summed E-state index contributed by atoms with van der Waals surface area (Å²) in [5, 5.41) is 1.15. The van der Waals surface area contributed by atoms with Crippen molar-refractivity contribution in [2.75, 3.05) is 13.1 Å². The number of benzene rings is 1. The predicted molar refractivity (Wildman–Crippen MR) is 82.2 cm³/mol. The van der Waals surface area contributed by atoms with E-state index >= 15 is 0 Å². The molecule has 5 heteroatoms. The molecule has 2 N–H and O–H groups in total. The van der Waals surface area contributed by atoms with Gasteiger partial charge in [-0.15, -0.1) is 23.7 Å². The molecule has 0 radical (unpaired) electrons. The molecule has 1 aliphatic heterocycles. The Balaban J connectivity index is 0.00000133. The highest BCUT2D eigenvalue weighted by Crippen LogP contribution is 2.27. The lowest BCUT2D eigenvalue weighted by atomic mass is 10.1. The molecule has 0 aliphatic carbocycles. The molecular weight excluding hydrogens is 280 g/mol. The highest BCUT2D eigenvalue weighted by atomic mass is 35.5. The molecule has 0 spiro atoms. The van der Waals surface area contributed by atoms with Crippen LogP contribution in [-0.4, -0.2) is 29.9 Å². The van der Waals surface area contributed by atoms with E-state index in [9.17, 15) is 4.79 Å². The molecule has 1 amide bonds. The molecule has 1 aromatic heterocycles. The minimum atomic E-state index is 0. The number of carbonyl (C=O) groups excluding carboxylic acids is 1. The van der Waals surface area contributed by atoms with E-state index in [2.05, 4.69) is 6.07 Å². The van der Waals surface area contributed by atoms with Gasteiger partial charge in [0.15, 0.2) is 0 Å². The van der Waals surface area contributed by atoms with E-state index in [4.69, 9.17) is 5.73 Å². The van der Waals surface area contributed by atoms with Crippen molar-refractivity contribution in [1.29, 1.82) is 0 Å². The van der Waals surface area contributed by atoms with E-state index in [-0.39, 0.29) is 24.4 Å². The van der Waals surface area contributed by atoms with Crippen molar-refractivity contribution in [3.8, 4) is 0 Å². The number of hydrogen-bond acceptors (Lipinski definition) is 3. The van der Waals surface area contributed by atoms with E-state index in [1.165, 1.54) is 4.70 Å². The van der Waals surface area contributed by atoms with Crippen LogP contribution in [0.1, 0.15) is 22.5 Å². The van der Waals surface area contributed by atoms with Gasteiger partial charge in [0.05, 0.1) is 4.88 Å². The van der Waals surface area contributed by atoms with E-state index in [1.54, 1.807) is 11.3 Å². The van der Waals surface area contributed by atoms with Crippen molar-refractivity contribution in [2.24, 2.45) is 5.73 Å². The van der Waals surface area contributed by atoms with Crippen molar-refractivity contribution < 1.29 is 4.79 Å². The molecule has 19 heavy (non-hydrogen) atoms. The Morgan fingerprint density at radius 3 is 2.89 bits per heavy atom. The van der Waals surface area contributed by atoms with Crippen LogP contribution in [0.4, 0.5) is 0 Å². The van der Waals surface area contributed by atoms with Gasteiger partial charge in [0.25, 0.3) is 5.91 Å². The van der Waals surface area contributed by atoms with Gasteiger partial charge in [0.2, 0.25) is 0 Å². The van der Waals surface area contributed by atoms with Gasteiger partial charge in [0.1, 0.15) is 0 Å². The van der Waals surface area contributed by atoms with Crippen molar-refractivity contribution >= 4 is 39.7 Å². The highest BCUT2D eigenvalue weighted by molar-refractivity contribution is 7.20. The van der Waals surface area contributed by atoms with Gasteiger partial charge in [-0.3, -0.25) is 4.79 Å². The minimum Gasteiger partial charge on any atom is -0.336 e. The largest absolute Gasteiger partial charge is 0.336 e. The second kappa shape index (κ2) is 5.90. The zero-order chi connectivity index (χ0) is 12.5. The zero-order valence-electron chi connectivity index (χ0n) is 10.5. The monoisotopic (exact) mass is 296 g/mol. The summed E-state index contributed by atoms with van der Waals surface area (Å²) in [6, 6.07) is 10.2. The average molecular weight is 297 g/mol. The molecule has 3 rings (SSSR count). The van der Waals surface area contributed by atoms with Gasteiger partial charge < -0.3 is 10.6 Å². The number of nitrogens with two attached hydrogens (primary N) is 1. The first-order chi connectivity index (χ1) is 8.74. The molecular formula is C14H17ClN2OS. The van der Waals surface area contributed by atoms with Crippen LogP contribution in [0.2, 0.25) is 0 Å². The van der Waals surface area contributed by atoms with Crippen LogP contribution in [0.5, 0.6) is 0 Å². The van der Waals surface area contributed by atoms with Crippen molar-refractivity contribution in [3.63, 3.8) is 0 Å². The number of nitrogens with zero attached hydrogens (tertiary/aromatic N) is 1. The first-order valence-corrected chi connectivity index (χ1v) is 7.09. The van der Waals surface area contributed by atoms with Gasteiger partial charge >= 0.3 is 0 Å². The van der Waals surface area contributed by atoms with Gasteiger partial charge in [-0.2, -0.15) is 0 Å². The van der Waals surface area contributed by atoms with Crippen LogP contribution in [0.25, 0.3) is 10.1 Å². The number of carbonyl (C=O) groups is 1. The van der Waals surface area contributed by atoms with E-state index in [1.807, 2.05) is 29.2 Å². The number of thiophene rings is 1. The van der Waals surface area contributed by atoms with Crippen LogP contribution in [-0.2, 0) is 0 Å². The Labute approximate surface area is 122 Å². The summed E-state index contributed by atoms with van der Waals surface area (Å²) in [6.45, 7) is 1.52. The third-order valence-corrected chi connectivity index (χ3v) is 4.49. The summed E-state index contributed by atoms with van der Waals surface area (Å²) in [6.07, 6.45) is 2.04. The fourth-order valence-electron chi connectivity index (χ4n) is 2.44. The fourth-order valence-corrected chi connectivity index (χ4v) is 3.47. The Morgan fingerprint density at radius 1 is 1.37 bits per heavy atom. The van der Waals surface area contributed by atoms with Gasteiger partial charge in [-0.1, -0.05) is 18.2 Å².